The highest BCUT2D eigenvalue weighted by Crippen LogP contribution is 2.27. The summed E-state index contributed by atoms with van der Waals surface area (Å²) in [4.78, 5) is 11.0. The summed E-state index contributed by atoms with van der Waals surface area (Å²) in [7, 11) is 0. The van der Waals surface area contributed by atoms with E-state index in [1.807, 2.05) is 24.3 Å². The van der Waals surface area contributed by atoms with E-state index in [2.05, 4.69) is 48.9 Å². The van der Waals surface area contributed by atoms with Gasteiger partial charge >= 0.3 is 0 Å². The smallest absolute Gasteiger partial charge is 0.208 e. The number of rotatable bonds is 7. The van der Waals surface area contributed by atoms with Gasteiger partial charge < -0.3 is 14.3 Å². The number of nitrogens with one attached hydrogen (secondary N) is 1. The summed E-state index contributed by atoms with van der Waals surface area (Å²) < 4.78 is 6.17. The molecule has 0 aliphatic carbocycles. The van der Waals surface area contributed by atoms with Gasteiger partial charge in [-0.3, -0.25) is 4.99 Å². The van der Waals surface area contributed by atoms with Gasteiger partial charge in [-0.2, -0.15) is 0 Å². The molecule has 0 saturated carbocycles. The fourth-order valence-electron chi connectivity index (χ4n) is 4.02. The maximum Gasteiger partial charge on any atom is 0.208 e. The number of H-pyrrole nitrogens is 1. The molecule has 0 aliphatic rings. The van der Waals surface area contributed by atoms with Gasteiger partial charge in [0.05, 0.1) is 10.7 Å². The Labute approximate surface area is 176 Å². The molecule has 2 aromatic heterocycles. The Morgan fingerprint density at radius 3 is 2.69 bits per heavy atom. The molecule has 4 nitrogen and oxygen atoms in total. The Kier molecular flexibility index (Phi) is 5.93. The minimum absolute atomic E-state index is 0.215. The second-order valence-corrected chi connectivity index (χ2v) is 8.05. The molecule has 152 valence electrons. The van der Waals surface area contributed by atoms with E-state index < -0.39 is 0 Å². The van der Waals surface area contributed by atoms with Gasteiger partial charge in [0.15, 0.2) is 0 Å². The number of benzene rings is 2. The van der Waals surface area contributed by atoms with E-state index >= 15 is 0 Å². The van der Waals surface area contributed by atoms with E-state index in [1.54, 1.807) is 0 Å². The lowest BCUT2D eigenvalue weighted by atomic mass is 10.1. The maximum atomic E-state index is 6.32. The summed E-state index contributed by atoms with van der Waals surface area (Å²) in [6.07, 6.45) is 2.19. The Morgan fingerprint density at radius 2 is 1.90 bits per heavy atom. The number of hydrogen-bond acceptors (Lipinski definition) is 3. The van der Waals surface area contributed by atoms with Crippen LogP contribution in [0.4, 0.5) is 0 Å². The largest absolute Gasteiger partial charge is 0.440 e. The molecule has 1 unspecified atom stereocenters. The van der Waals surface area contributed by atoms with Crippen LogP contribution in [0.1, 0.15) is 33.6 Å². The molecule has 0 aliphatic heterocycles. The highest BCUT2D eigenvalue weighted by molar-refractivity contribution is 6.31. The van der Waals surface area contributed by atoms with Gasteiger partial charge in [0.25, 0.3) is 0 Å². The zero-order chi connectivity index (χ0) is 20.4. The summed E-state index contributed by atoms with van der Waals surface area (Å²) in [6.45, 7) is 9.95. The Bertz CT molecular complexity index is 1200. The molecule has 5 heteroatoms. The van der Waals surface area contributed by atoms with Gasteiger partial charge in [-0.15, -0.1) is 0 Å². The predicted octanol–water partition coefficient (Wildman–Crippen LogP) is 6.13. The summed E-state index contributed by atoms with van der Waals surface area (Å²) in [6, 6.07) is 14.2. The topological polar surface area (TPSA) is 44.5 Å². The van der Waals surface area contributed by atoms with Crippen molar-refractivity contribution < 1.29 is 4.42 Å². The van der Waals surface area contributed by atoms with Crippen molar-refractivity contribution in [1.29, 1.82) is 0 Å². The van der Waals surface area contributed by atoms with Gasteiger partial charge in [0.1, 0.15) is 5.58 Å². The van der Waals surface area contributed by atoms with Crippen LogP contribution in [0.25, 0.3) is 33.0 Å². The lowest BCUT2D eigenvalue weighted by Crippen LogP contribution is -2.24. The number of aromatic nitrogens is 1. The normalized spacial score (nSPS) is 13.9. The fourth-order valence-corrected chi connectivity index (χ4v) is 4.19. The molecule has 1 atom stereocenters. The van der Waals surface area contributed by atoms with Crippen molar-refractivity contribution in [3.63, 3.8) is 0 Å². The van der Waals surface area contributed by atoms with E-state index in [0.29, 0.717) is 5.02 Å². The van der Waals surface area contributed by atoms with Gasteiger partial charge in [-0.25, -0.2) is 0 Å². The van der Waals surface area contributed by atoms with E-state index in [0.717, 1.165) is 70.8 Å². The third-order valence-corrected chi connectivity index (χ3v) is 5.89. The third-order valence-electron chi connectivity index (χ3n) is 5.66. The molecule has 0 radical (unpaired) electrons. The first kappa shape index (κ1) is 20.0. The molecular weight excluding hydrogens is 382 g/mol. The molecular formula is C24H28ClN3O. The fraction of sp³-hybridized carbons (Fsp3) is 0.375. The second kappa shape index (κ2) is 8.60. The van der Waals surface area contributed by atoms with Gasteiger partial charge in [-0.1, -0.05) is 43.6 Å². The maximum absolute atomic E-state index is 6.32. The zero-order valence-electron chi connectivity index (χ0n) is 17.3. The first-order chi connectivity index (χ1) is 14.1. The lowest BCUT2D eigenvalue weighted by molar-refractivity contribution is 0.294. The van der Waals surface area contributed by atoms with Crippen LogP contribution in [0, 0.1) is 0 Å². The molecule has 0 spiro atoms. The van der Waals surface area contributed by atoms with Crippen molar-refractivity contribution in [1.82, 2.24) is 9.88 Å². The van der Waals surface area contributed by atoms with Crippen LogP contribution < -0.4 is 5.36 Å². The van der Waals surface area contributed by atoms with E-state index in [1.165, 1.54) is 0 Å². The average Bonchev–Trinajstić information content (AvgIpc) is 3.09. The number of hydrogen-bond donors (Lipinski definition) is 1. The molecule has 0 fully saturated rings. The van der Waals surface area contributed by atoms with Crippen LogP contribution in [0.5, 0.6) is 0 Å². The zero-order valence-corrected chi connectivity index (χ0v) is 18.1. The average molecular weight is 410 g/mol. The highest BCUT2D eigenvalue weighted by atomic mass is 35.5. The van der Waals surface area contributed by atoms with Crippen molar-refractivity contribution in [3.05, 3.63) is 52.8 Å². The molecule has 1 N–H and O–H groups in total. The highest BCUT2D eigenvalue weighted by Gasteiger charge is 2.13. The lowest BCUT2D eigenvalue weighted by Gasteiger charge is -2.18. The summed E-state index contributed by atoms with van der Waals surface area (Å²) in [5.41, 5.74) is 2.61. The van der Waals surface area contributed by atoms with Crippen LogP contribution in [0.15, 0.2) is 51.9 Å². The van der Waals surface area contributed by atoms with Crippen LogP contribution in [-0.4, -0.2) is 35.6 Å². The number of fused-ring (bicyclic) bond motifs is 4. The van der Waals surface area contributed by atoms with Crippen molar-refractivity contribution in [2.24, 2.45) is 4.99 Å². The van der Waals surface area contributed by atoms with Gasteiger partial charge in [-0.05, 0) is 63.7 Å². The molecule has 0 amide bonds. The number of para-hydroxylation sites is 1. The van der Waals surface area contributed by atoms with Crippen LogP contribution >= 0.6 is 11.6 Å². The molecule has 29 heavy (non-hydrogen) atoms. The van der Waals surface area contributed by atoms with Gasteiger partial charge in [0, 0.05) is 27.4 Å². The quantitative estimate of drug-likeness (QED) is 0.399. The minimum Gasteiger partial charge on any atom is -0.440 e. The van der Waals surface area contributed by atoms with E-state index in [9.17, 15) is 0 Å². The SMILES string of the molecule is CCN(CC)CCCC(C)N=c1c2cc(Cl)ccc2oc2[nH]c3ccccc3c12. The Balaban J connectivity index is 1.83. The summed E-state index contributed by atoms with van der Waals surface area (Å²) in [5, 5.41) is 4.78. The van der Waals surface area contributed by atoms with Crippen molar-refractivity contribution in [2.45, 2.75) is 39.7 Å². The second-order valence-electron chi connectivity index (χ2n) is 7.61. The summed E-state index contributed by atoms with van der Waals surface area (Å²) >= 11 is 6.32. The first-order valence-corrected chi connectivity index (χ1v) is 10.9. The third kappa shape index (κ3) is 4.05. The number of halogens is 1. The molecule has 4 rings (SSSR count). The first-order valence-electron chi connectivity index (χ1n) is 10.5. The molecule has 4 aromatic rings. The number of nitrogens with zero attached hydrogens (tertiary/aromatic N) is 2. The van der Waals surface area contributed by atoms with Gasteiger partial charge in [0.2, 0.25) is 5.71 Å². The monoisotopic (exact) mass is 409 g/mol. The van der Waals surface area contributed by atoms with E-state index in [4.69, 9.17) is 21.0 Å². The Morgan fingerprint density at radius 1 is 1.10 bits per heavy atom. The van der Waals surface area contributed by atoms with E-state index in [-0.39, 0.29) is 6.04 Å². The van der Waals surface area contributed by atoms with Crippen molar-refractivity contribution >= 4 is 44.6 Å². The van der Waals surface area contributed by atoms with Crippen LogP contribution in [0.2, 0.25) is 5.02 Å². The molecule has 2 aromatic carbocycles. The van der Waals surface area contributed by atoms with Crippen molar-refractivity contribution in [2.75, 3.05) is 19.6 Å². The summed E-state index contributed by atoms with van der Waals surface area (Å²) in [5.74, 6) is 0. The molecule has 0 saturated heterocycles. The van der Waals surface area contributed by atoms with Crippen LogP contribution in [0.3, 0.4) is 0 Å². The molecule has 2 heterocycles. The standard InChI is InChI=1S/C24H28ClN3O/c1-4-28(5-2)14-8-9-16(3)26-23-19-15-17(25)12-13-21(19)29-24-22(23)18-10-6-7-11-20(18)27-24/h6-7,10-13,15-16,27H,4-5,8-9,14H2,1-3H3. The Hall–Kier alpha value is -2.30. The predicted molar refractivity (Wildman–Crippen MR) is 123 cm³/mol. The van der Waals surface area contributed by atoms with Crippen molar-refractivity contribution in [3.8, 4) is 0 Å². The van der Waals surface area contributed by atoms with Crippen LogP contribution in [-0.2, 0) is 0 Å². The minimum atomic E-state index is 0.215. The molecule has 0 bridgehead atoms. The number of aromatic amines is 1.